The zero-order valence-corrected chi connectivity index (χ0v) is 27.5. The van der Waals surface area contributed by atoms with E-state index in [-0.39, 0.29) is 0 Å². The van der Waals surface area contributed by atoms with E-state index in [4.69, 9.17) is 9.47 Å². The van der Waals surface area contributed by atoms with Crippen molar-refractivity contribution in [2.75, 3.05) is 36.8 Å². The van der Waals surface area contributed by atoms with Crippen molar-refractivity contribution in [1.82, 2.24) is 4.98 Å². The summed E-state index contributed by atoms with van der Waals surface area (Å²) in [6.45, 7) is 16.9. The molecule has 1 aromatic heterocycles. The predicted octanol–water partition coefficient (Wildman–Crippen LogP) is 8.24. The Morgan fingerprint density at radius 1 is 1.05 bits per heavy atom. The average Bonchev–Trinajstić information content (AvgIpc) is 3.33. The fraction of sp³-hybridized carbons (Fsp3) is 0.471. The number of anilines is 2. The molecule has 1 aliphatic carbocycles. The Bertz CT molecular complexity index is 1130. The number of benzene rings is 2. The Morgan fingerprint density at radius 2 is 1.76 bits per heavy atom. The van der Waals surface area contributed by atoms with Crippen molar-refractivity contribution in [3.05, 3.63) is 84.7 Å². The molecule has 7 heteroatoms. The quantitative estimate of drug-likeness (QED) is 0.179. The second-order valence-corrected chi connectivity index (χ2v) is 11.2. The van der Waals surface area contributed by atoms with Gasteiger partial charge in [0.25, 0.3) is 0 Å². The minimum Gasteiger partial charge on any atom is -0.305 e. The van der Waals surface area contributed by atoms with E-state index in [0.717, 1.165) is 29.6 Å². The van der Waals surface area contributed by atoms with Gasteiger partial charge < -0.3 is 24.3 Å². The summed E-state index contributed by atoms with van der Waals surface area (Å²) in [6, 6.07) is 21.3. The number of hydrogen-bond acceptors (Lipinski definition) is 5. The molecular weight excluding hydrogens is 624 g/mol. The van der Waals surface area contributed by atoms with Gasteiger partial charge >= 0.3 is 27.7 Å². The van der Waals surface area contributed by atoms with Crippen LogP contribution >= 0.6 is 9.53 Å². The summed E-state index contributed by atoms with van der Waals surface area (Å²) in [4.78, 5) is 8.52. The van der Waals surface area contributed by atoms with E-state index in [0.29, 0.717) is 25.4 Å². The van der Waals surface area contributed by atoms with Crippen LogP contribution in [0.1, 0.15) is 51.2 Å². The van der Waals surface area contributed by atoms with Gasteiger partial charge in [0, 0.05) is 19.9 Å². The van der Waals surface area contributed by atoms with Gasteiger partial charge in [-0.05, 0) is 85.9 Å². The molecule has 0 bridgehead atoms. The monoisotopic (exact) mass is 667 g/mol. The summed E-state index contributed by atoms with van der Waals surface area (Å²) < 4.78 is 11.7. The van der Waals surface area contributed by atoms with Crippen molar-refractivity contribution in [1.29, 1.82) is 0 Å². The van der Waals surface area contributed by atoms with E-state index in [1.807, 2.05) is 42.5 Å². The second kappa shape index (κ2) is 17.2. The molecule has 1 fully saturated rings. The van der Waals surface area contributed by atoms with Crippen LogP contribution in [0.4, 0.5) is 11.4 Å². The standard InChI is InChI=1S/C23H36N2O2.C11H8N.ClH.Pd/c1-16(2)20-8-7-17(3)23(13-20)27-15-25-14-24(9-10-26-6)21-11-18(4)19(5)12-22(21)25;1-2-6-10(7-3-1)11-8-4-5-9-12-11;;/h11-12,16-17,20,23H,7-10,13,15H2,1-6H3;1-6,8-9H;1H;/q;-1;;+2/p-1/t17-,20+,23-;;;/m0.../s1. The largest absolute Gasteiger partial charge is 0.305 e. The first-order valence-corrected chi connectivity index (χ1v) is 16.4. The van der Waals surface area contributed by atoms with Crippen molar-refractivity contribution in [2.45, 2.75) is 60.0 Å². The number of nitrogens with zero attached hydrogens (tertiary/aromatic N) is 3. The smallest absolute Gasteiger partial charge is 0.0160 e. The van der Waals surface area contributed by atoms with Crippen LogP contribution in [0, 0.1) is 44.3 Å². The van der Waals surface area contributed by atoms with Crippen molar-refractivity contribution in [3.8, 4) is 11.3 Å². The van der Waals surface area contributed by atoms with Crippen molar-refractivity contribution < 1.29 is 27.7 Å². The van der Waals surface area contributed by atoms with Crippen molar-refractivity contribution in [2.24, 2.45) is 17.8 Å². The number of rotatable bonds is 8. The van der Waals surface area contributed by atoms with Gasteiger partial charge in [-0.3, -0.25) is 0 Å². The zero-order valence-electron chi connectivity index (χ0n) is 25.2. The average molecular weight is 669 g/mol. The first kappa shape index (κ1) is 33.6. The number of pyridine rings is 1. The summed E-state index contributed by atoms with van der Waals surface area (Å²) in [5.41, 5.74) is 7.02. The van der Waals surface area contributed by atoms with Crippen LogP contribution in [0.25, 0.3) is 11.3 Å². The molecule has 1 saturated carbocycles. The molecule has 0 unspecified atom stereocenters. The topological polar surface area (TPSA) is 37.8 Å². The van der Waals surface area contributed by atoms with Gasteiger partial charge in [-0.25, -0.2) is 0 Å². The molecule has 0 spiro atoms. The summed E-state index contributed by atoms with van der Waals surface area (Å²) in [7, 11) is 6.23. The molecule has 224 valence electrons. The first-order chi connectivity index (χ1) is 19.9. The van der Waals surface area contributed by atoms with E-state index >= 15 is 0 Å². The molecule has 5 rings (SSSR count). The van der Waals surface area contributed by atoms with Gasteiger partial charge in [-0.1, -0.05) is 32.9 Å². The van der Waals surface area contributed by atoms with E-state index in [1.165, 1.54) is 41.8 Å². The Morgan fingerprint density at radius 3 is 2.37 bits per heavy atom. The number of aryl methyl sites for hydroxylation is 2. The van der Waals surface area contributed by atoms with Crippen LogP contribution < -0.4 is 9.80 Å². The number of hydrogen-bond donors (Lipinski definition) is 0. The molecule has 1 aliphatic heterocycles. The molecule has 3 aromatic rings. The van der Waals surface area contributed by atoms with E-state index in [1.54, 1.807) is 13.3 Å². The fourth-order valence-electron chi connectivity index (χ4n) is 5.32. The Hall–Kier alpha value is -1.94. The van der Waals surface area contributed by atoms with E-state index in [9.17, 15) is 0 Å². The van der Waals surface area contributed by atoms with Gasteiger partial charge in [0.15, 0.2) is 0 Å². The SMILES string of the molecule is COCCN1[C]N(CO[C@H]2C[C@H](C(C)C)CC[C@@H]2C)c2cc(C)c(C)cc21.[Cl][Pd+].[c-]1ccccc1-c1ccccn1. The number of aromatic nitrogens is 1. The van der Waals surface area contributed by atoms with Gasteiger partial charge in [0.1, 0.15) is 6.73 Å². The Kier molecular flexibility index (Phi) is 14.1. The van der Waals surface area contributed by atoms with Crippen LogP contribution in [0.3, 0.4) is 0 Å². The molecule has 2 heterocycles. The molecule has 5 nitrogen and oxygen atoms in total. The van der Waals surface area contributed by atoms with Gasteiger partial charge in [-0.15, -0.1) is 35.9 Å². The van der Waals surface area contributed by atoms with Gasteiger partial charge in [0.2, 0.25) is 6.67 Å². The van der Waals surface area contributed by atoms with Crippen LogP contribution in [-0.2, 0) is 27.7 Å². The molecular formula is C34H44ClN3O2Pd. The van der Waals surface area contributed by atoms with Crippen molar-refractivity contribution in [3.63, 3.8) is 0 Å². The van der Waals surface area contributed by atoms with Crippen LogP contribution in [0.15, 0.2) is 60.8 Å². The van der Waals surface area contributed by atoms with Crippen LogP contribution in [0.5, 0.6) is 0 Å². The zero-order chi connectivity index (χ0) is 29.8. The summed E-state index contributed by atoms with van der Waals surface area (Å²) in [5, 5.41) is 0. The normalized spacial score (nSPS) is 19.7. The van der Waals surface area contributed by atoms with E-state index < -0.39 is 0 Å². The third-order valence-corrected chi connectivity index (χ3v) is 8.11. The van der Waals surface area contributed by atoms with E-state index in [2.05, 4.69) is 102 Å². The fourth-order valence-corrected chi connectivity index (χ4v) is 5.32. The Labute approximate surface area is 263 Å². The predicted molar refractivity (Wildman–Crippen MR) is 166 cm³/mol. The summed E-state index contributed by atoms with van der Waals surface area (Å²) in [5.74, 6) is 2.16. The molecule has 41 heavy (non-hydrogen) atoms. The molecule has 0 N–H and O–H groups in total. The maximum absolute atomic E-state index is 6.44. The summed E-state index contributed by atoms with van der Waals surface area (Å²) in [6.07, 6.45) is 5.93. The first-order valence-electron chi connectivity index (χ1n) is 14.4. The van der Waals surface area contributed by atoms with Gasteiger partial charge in [0.05, 0.1) is 24.1 Å². The molecule has 0 amide bonds. The minimum absolute atomic E-state index is 0.343. The second-order valence-electron chi connectivity index (χ2n) is 11.2. The van der Waals surface area contributed by atoms with Crippen LogP contribution in [0.2, 0.25) is 0 Å². The minimum atomic E-state index is 0.343. The number of methoxy groups -OCH3 is 1. The van der Waals surface area contributed by atoms with Crippen molar-refractivity contribution >= 4 is 20.9 Å². The third kappa shape index (κ3) is 9.53. The summed E-state index contributed by atoms with van der Waals surface area (Å²) >= 11 is 2.22. The number of fused-ring (bicyclic) bond motifs is 1. The Balaban J connectivity index is 0.000000274. The molecule has 0 saturated heterocycles. The third-order valence-electron chi connectivity index (χ3n) is 8.11. The number of halogens is 1. The molecule has 2 aliphatic rings. The van der Waals surface area contributed by atoms with Gasteiger partial charge in [-0.2, -0.15) is 0 Å². The molecule has 2 radical (unpaired) electrons. The maximum atomic E-state index is 6.44. The molecule has 2 aromatic carbocycles. The molecule has 3 atom stereocenters. The number of ether oxygens (including phenoxy) is 2. The van der Waals surface area contributed by atoms with Crippen LogP contribution in [-0.4, -0.2) is 38.1 Å². The maximum Gasteiger partial charge on any atom is 0.0160 e.